The molecule has 2 fully saturated rings. The van der Waals surface area contributed by atoms with E-state index in [9.17, 15) is 14.7 Å². The normalized spacial score (nSPS) is 29.7. The van der Waals surface area contributed by atoms with E-state index in [-0.39, 0.29) is 28.8 Å². The van der Waals surface area contributed by atoms with Crippen LogP contribution in [0.4, 0.5) is 0 Å². The third-order valence-electron chi connectivity index (χ3n) is 9.70. The van der Waals surface area contributed by atoms with Crippen LogP contribution in [0, 0.1) is 29.1 Å². The van der Waals surface area contributed by atoms with E-state index in [0.717, 1.165) is 49.7 Å². The second-order valence-electron chi connectivity index (χ2n) is 11.8. The van der Waals surface area contributed by atoms with Gasteiger partial charge in [-0.15, -0.1) is 0 Å². The minimum Gasteiger partial charge on any atom is -0.478 e. The molecule has 4 aliphatic rings. The van der Waals surface area contributed by atoms with E-state index in [0.29, 0.717) is 18.3 Å². The molecule has 0 bridgehead atoms. The Hall–Kier alpha value is -3.68. The van der Waals surface area contributed by atoms with Crippen LogP contribution in [0.2, 0.25) is 0 Å². The first-order chi connectivity index (χ1) is 18.8. The molecule has 0 aliphatic heterocycles. The minimum absolute atomic E-state index is 0.0771. The lowest BCUT2D eigenvalue weighted by Crippen LogP contribution is -2.45. The van der Waals surface area contributed by atoms with Gasteiger partial charge in [-0.3, -0.25) is 4.79 Å². The zero-order valence-corrected chi connectivity index (χ0v) is 22.3. The van der Waals surface area contributed by atoms with Gasteiger partial charge >= 0.3 is 5.97 Å². The maximum atomic E-state index is 12.2. The highest BCUT2D eigenvalue weighted by atomic mass is 16.4. The lowest BCUT2D eigenvalue weighted by Gasteiger charge is -2.52. The molecular formula is C35H34O4. The van der Waals surface area contributed by atoms with Crippen molar-refractivity contribution in [3.63, 3.8) is 0 Å². The Morgan fingerprint density at radius 1 is 1.05 bits per heavy atom. The molecule has 0 heterocycles. The molecule has 0 saturated heterocycles. The molecule has 4 nitrogen and oxygen atoms in total. The second-order valence-corrected chi connectivity index (χ2v) is 11.8. The Balaban J connectivity index is 1.28. The zero-order valence-electron chi connectivity index (χ0n) is 22.3. The molecule has 39 heavy (non-hydrogen) atoms. The molecule has 0 radical (unpaired) electrons. The van der Waals surface area contributed by atoms with Gasteiger partial charge in [0.2, 0.25) is 0 Å². The van der Waals surface area contributed by atoms with Crippen LogP contribution in [0.25, 0.3) is 6.08 Å². The predicted octanol–water partition coefficient (Wildman–Crippen LogP) is 6.71. The molecular weight excluding hydrogens is 484 g/mol. The average molecular weight is 519 g/mol. The predicted molar refractivity (Wildman–Crippen MR) is 152 cm³/mol. The lowest BCUT2D eigenvalue weighted by atomic mass is 9.53. The quantitative estimate of drug-likeness (QED) is 0.443. The van der Waals surface area contributed by atoms with Crippen LogP contribution >= 0.6 is 0 Å². The number of carboxylic acid groups (broad SMARTS) is 1. The number of hydrogen-bond donors (Lipinski definition) is 2. The third kappa shape index (κ3) is 4.70. The Kier molecular flexibility index (Phi) is 6.65. The number of ketones is 1. The van der Waals surface area contributed by atoms with Gasteiger partial charge < -0.3 is 10.2 Å². The summed E-state index contributed by atoms with van der Waals surface area (Å²) in [5.41, 5.74) is 7.40. The molecule has 6 rings (SSSR count). The van der Waals surface area contributed by atoms with Crippen LogP contribution in [0.15, 0.2) is 77.4 Å². The molecule has 0 amide bonds. The molecule has 5 atom stereocenters. The maximum Gasteiger partial charge on any atom is 0.335 e. The Labute approximate surface area is 230 Å². The fourth-order valence-electron chi connectivity index (χ4n) is 7.77. The van der Waals surface area contributed by atoms with Gasteiger partial charge in [0.25, 0.3) is 0 Å². The molecule has 3 unspecified atom stereocenters. The number of carbonyl (C=O) groups excluding carboxylic acids is 1. The summed E-state index contributed by atoms with van der Waals surface area (Å²) in [5, 5.41) is 20.2. The number of aliphatic hydroxyl groups is 1. The molecule has 2 saturated carbocycles. The summed E-state index contributed by atoms with van der Waals surface area (Å²) in [5.74, 6) is 6.81. The number of aliphatic hydroxyl groups excluding tert-OH is 1. The van der Waals surface area contributed by atoms with Gasteiger partial charge in [-0.2, -0.15) is 0 Å². The highest BCUT2D eigenvalue weighted by Crippen LogP contribution is 2.63. The van der Waals surface area contributed by atoms with Gasteiger partial charge in [0.1, 0.15) is 0 Å². The second kappa shape index (κ2) is 10.1. The summed E-state index contributed by atoms with van der Waals surface area (Å²) in [6.45, 7) is 2.30. The summed E-state index contributed by atoms with van der Waals surface area (Å²) in [6, 6.07) is 15.3. The molecule has 198 valence electrons. The van der Waals surface area contributed by atoms with Gasteiger partial charge in [-0.1, -0.05) is 48.6 Å². The first-order valence-electron chi connectivity index (χ1n) is 14.1. The SMILES string of the molecule is C[C@]12C[C@H](c3ccc(C#C/C=C\c4cccc(C(=O)O)c4)cc3)C3=C4CCC(=O)C=C4CCC3C1CCC2O. The van der Waals surface area contributed by atoms with E-state index in [1.807, 2.05) is 18.2 Å². The standard InChI is InChI=1S/C35H34O4/c1-35-21-30(33-28-16-14-27(36)20-25(28)13-15-29(33)31(35)17-18-32(35)37)24-11-9-22(10-12-24)5-2-3-6-23-7-4-8-26(19-23)34(38)39/h3-4,6-12,19-20,29-32,37H,13-18,21H2,1H3,(H,38,39)/b6-3-/t29?,30-,31?,32?,35+/m1/s1. The minimum atomic E-state index is -0.943. The van der Waals surface area contributed by atoms with Crippen molar-refractivity contribution < 1.29 is 19.8 Å². The van der Waals surface area contributed by atoms with Gasteiger partial charge in [-0.25, -0.2) is 4.79 Å². The van der Waals surface area contributed by atoms with Crippen LogP contribution in [-0.4, -0.2) is 28.1 Å². The molecule has 2 N–H and O–H groups in total. The Bertz CT molecular complexity index is 1480. The van der Waals surface area contributed by atoms with E-state index in [1.54, 1.807) is 29.8 Å². The fourth-order valence-corrected chi connectivity index (χ4v) is 7.77. The van der Waals surface area contributed by atoms with Crippen molar-refractivity contribution in [2.75, 3.05) is 0 Å². The van der Waals surface area contributed by atoms with E-state index in [2.05, 4.69) is 43.0 Å². The third-order valence-corrected chi connectivity index (χ3v) is 9.70. The number of allylic oxidation sites excluding steroid dienone is 5. The largest absolute Gasteiger partial charge is 0.478 e. The lowest BCUT2D eigenvalue weighted by molar-refractivity contribution is -0.114. The zero-order chi connectivity index (χ0) is 27.1. The van der Waals surface area contributed by atoms with E-state index >= 15 is 0 Å². The van der Waals surface area contributed by atoms with E-state index < -0.39 is 5.97 Å². The van der Waals surface area contributed by atoms with Crippen molar-refractivity contribution in [2.24, 2.45) is 17.3 Å². The van der Waals surface area contributed by atoms with Crippen LogP contribution in [0.3, 0.4) is 0 Å². The molecule has 0 aromatic heterocycles. The van der Waals surface area contributed by atoms with Crippen molar-refractivity contribution in [3.8, 4) is 11.8 Å². The molecule has 4 heteroatoms. The van der Waals surface area contributed by atoms with Crippen LogP contribution in [-0.2, 0) is 4.79 Å². The summed E-state index contributed by atoms with van der Waals surface area (Å²) in [4.78, 5) is 23.4. The first-order valence-corrected chi connectivity index (χ1v) is 14.1. The average Bonchev–Trinajstić information content (AvgIpc) is 3.24. The van der Waals surface area contributed by atoms with Crippen molar-refractivity contribution in [3.05, 3.63) is 99.7 Å². The van der Waals surface area contributed by atoms with Crippen LogP contribution in [0.5, 0.6) is 0 Å². The number of carbonyl (C=O) groups is 2. The van der Waals surface area contributed by atoms with Crippen LogP contribution in [0.1, 0.15) is 84.8 Å². The van der Waals surface area contributed by atoms with E-state index in [4.69, 9.17) is 5.11 Å². The molecule has 2 aromatic rings. The molecule has 2 aromatic carbocycles. The van der Waals surface area contributed by atoms with Gasteiger partial charge in [0.05, 0.1) is 11.7 Å². The topological polar surface area (TPSA) is 74.6 Å². The van der Waals surface area contributed by atoms with Crippen molar-refractivity contribution in [1.82, 2.24) is 0 Å². The van der Waals surface area contributed by atoms with E-state index in [1.165, 1.54) is 16.7 Å². The molecule has 0 spiro atoms. The summed E-state index contributed by atoms with van der Waals surface area (Å²) in [6.07, 6.45) is 11.6. The maximum absolute atomic E-state index is 12.2. The Morgan fingerprint density at radius 2 is 1.87 bits per heavy atom. The Morgan fingerprint density at radius 3 is 2.67 bits per heavy atom. The first kappa shape index (κ1) is 25.6. The monoisotopic (exact) mass is 518 g/mol. The number of aromatic carboxylic acids is 1. The number of benzene rings is 2. The highest BCUT2D eigenvalue weighted by molar-refractivity contribution is 5.93. The number of carboxylic acids is 1. The summed E-state index contributed by atoms with van der Waals surface area (Å²) >= 11 is 0. The smallest absolute Gasteiger partial charge is 0.335 e. The van der Waals surface area contributed by atoms with Gasteiger partial charge in [0.15, 0.2) is 5.78 Å². The van der Waals surface area contributed by atoms with Crippen molar-refractivity contribution in [2.45, 2.75) is 63.9 Å². The van der Waals surface area contributed by atoms with Gasteiger partial charge in [0, 0.05) is 17.9 Å². The summed E-state index contributed by atoms with van der Waals surface area (Å²) < 4.78 is 0. The molecule has 4 aliphatic carbocycles. The number of fused-ring (bicyclic) bond motifs is 4. The number of rotatable bonds is 3. The summed E-state index contributed by atoms with van der Waals surface area (Å²) in [7, 11) is 0. The van der Waals surface area contributed by atoms with Crippen molar-refractivity contribution in [1.29, 1.82) is 0 Å². The van der Waals surface area contributed by atoms with Crippen LogP contribution < -0.4 is 0 Å². The fraction of sp³-hybridized carbons (Fsp3) is 0.371. The number of hydrogen-bond acceptors (Lipinski definition) is 3. The van der Waals surface area contributed by atoms with Crippen molar-refractivity contribution >= 4 is 17.8 Å². The van der Waals surface area contributed by atoms with Gasteiger partial charge in [-0.05, 0) is 121 Å². The highest BCUT2D eigenvalue weighted by Gasteiger charge is 2.56.